The molecule has 1 heterocycles. The van der Waals surface area contributed by atoms with E-state index in [0.717, 1.165) is 11.1 Å². The van der Waals surface area contributed by atoms with Crippen LogP contribution in [0.25, 0.3) is 0 Å². The molecule has 4 nitrogen and oxygen atoms in total. The molecule has 2 N–H and O–H groups in total. The van der Waals surface area contributed by atoms with E-state index in [1.807, 2.05) is 38.1 Å². The lowest BCUT2D eigenvalue weighted by Gasteiger charge is -2.36. The van der Waals surface area contributed by atoms with Crippen LogP contribution in [0.5, 0.6) is 0 Å². The van der Waals surface area contributed by atoms with Gasteiger partial charge in [-0.2, -0.15) is 0 Å². The van der Waals surface area contributed by atoms with E-state index in [0.29, 0.717) is 13.0 Å². The number of nitrogens with two attached hydrogens (primary N) is 1. The van der Waals surface area contributed by atoms with Crippen LogP contribution in [0.15, 0.2) is 24.3 Å². The number of benzene rings is 1. The Labute approximate surface area is 107 Å². The summed E-state index contributed by atoms with van der Waals surface area (Å²) >= 11 is 0. The van der Waals surface area contributed by atoms with Crippen molar-refractivity contribution in [3.05, 3.63) is 35.4 Å². The Morgan fingerprint density at radius 1 is 1.28 bits per heavy atom. The largest absolute Gasteiger partial charge is 0.368 e. The van der Waals surface area contributed by atoms with Crippen LogP contribution >= 0.6 is 0 Å². The monoisotopic (exact) mass is 246 g/mol. The predicted octanol–water partition coefficient (Wildman–Crippen LogP) is 1.08. The highest BCUT2D eigenvalue weighted by Gasteiger charge is 2.33. The van der Waals surface area contributed by atoms with Crippen LogP contribution in [-0.2, 0) is 22.6 Å². The molecule has 0 spiro atoms. The number of rotatable bonds is 2. The van der Waals surface area contributed by atoms with Crippen molar-refractivity contribution in [2.75, 3.05) is 0 Å². The van der Waals surface area contributed by atoms with Crippen molar-refractivity contribution in [1.29, 1.82) is 0 Å². The summed E-state index contributed by atoms with van der Waals surface area (Å²) in [5, 5.41) is 0. The number of amides is 2. The van der Waals surface area contributed by atoms with Crippen LogP contribution in [0.1, 0.15) is 25.0 Å². The second-order valence-electron chi connectivity index (χ2n) is 5.01. The first-order chi connectivity index (χ1) is 8.50. The zero-order valence-corrected chi connectivity index (χ0v) is 10.7. The van der Waals surface area contributed by atoms with Gasteiger partial charge in [0.1, 0.15) is 6.04 Å². The lowest BCUT2D eigenvalue weighted by Crippen LogP contribution is -2.52. The van der Waals surface area contributed by atoms with E-state index in [-0.39, 0.29) is 11.8 Å². The molecule has 0 unspecified atom stereocenters. The van der Waals surface area contributed by atoms with Crippen LogP contribution in [0.3, 0.4) is 0 Å². The second kappa shape index (κ2) is 4.80. The van der Waals surface area contributed by atoms with Gasteiger partial charge in [0.05, 0.1) is 0 Å². The highest BCUT2D eigenvalue weighted by Crippen LogP contribution is 2.24. The van der Waals surface area contributed by atoms with Crippen molar-refractivity contribution in [3.63, 3.8) is 0 Å². The molecule has 4 heteroatoms. The third-order valence-corrected chi connectivity index (χ3v) is 3.35. The third kappa shape index (κ3) is 2.23. The van der Waals surface area contributed by atoms with Crippen LogP contribution in [-0.4, -0.2) is 22.8 Å². The summed E-state index contributed by atoms with van der Waals surface area (Å²) in [6, 6.07) is 7.35. The van der Waals surface area contributed by atoms with E-state index in [2.05, 4.69) is 0 Å². The molecular formula is C14H18N2O2. The normalized spacial score (nSPS) is 18.6. The van der Waals surface area contributed by atoms with Crippen LogP contribution in [0, 0.1) is 5.92 Å². The third-order valence-electron chi connectivity index (χ3n) is 3.35. The van der Waals surface area contributed by atoms with Crippen LogP contribution in [0.2, 0.25) is 0 Å². The zero-order chi connectivity index (χ0) is 13.3. The van der Waals surface area contributed by atoms with Gasteiger partial charge in [-0.3, -0.25) is 9.59 Å². The topological polar surface area (TPSA) is 63.4 Å². The number of carbonyl (C=O) groups excluding carboxylic acids is 2. The Morgan fingerprint density at radius 2 is 1.89 bits per heavy atom. The summed E-state index contributed by atoms with van der Waals surface area (Å²) in [6.45, 7) is 4.14. The molecule has 0 aromatic heterocycles. The van der Waals surface area contributed by atoms with Crippen LogP contribution < -0.4 is 5.73 Å². The number of hydrogen-bond donors (Lipinski definition) is 1. The minimum absolute atomic E-state index is 0.0201. The molecular weight excluding hydrogens is 228 g/mol. The molecule has 1 aromatic rings. The fourth-order valence-electron chi connectivity index (χ4n) is 2.34. The van der Waals surface area contributed by atoms with Crippen molar-refractivity contribution in [2.24, 2.45) is 11.7 Å². The van der Waals surface area contributed by atoms with Gasteiger partial charge in [-0.05, 0) is 11.1 Å². The van der Waals surface area contributed by atoms with E-state index in [4.69, 9.17) is 5.73 Å². The van der Waals surface area contributed by atoms with Crippen LogP contribution in [0.4, 0.5) is 0 Å². The summed E-state index contributed by atoms with van der Waals surface area (Å²) in [6.07, 6.45) is 0.518. The lowest BCUT2D eigenvalue weighted by molar-refractivity contribution is -0.143. The fourth-order valence-corrected chi connectivity index (χ4v) is 2.34. The summed E-state index contributed by atoms with van der Waals surface area (Å²) in [7, 11) is 0. The highest BCUT2D eigenvalue weighted by molar-refractivity contribution is 5.88. The van der Waals surface area contributed by atoms with E-state index < -0.39 is 11.9 Å². The molecule has 0 bridgehead atoms. The molecule has 0 fully saturated rings. The minimum atomic E-state index is -0.519. The van der Waals surface area contributed by atoms with Gasteiger partial charge >= 0.3 is 0 Å². The van der Waals surface area contributed by atoms with Crippen molar-refractivity contribution in [2.45, 2.75) is 32.9 Å². The molecule has 1 aliphatic heterocycles. The number of carbonyl (C=O) groups is 2. The molecule has 1 aromatic carbocycles. The molecule has 0 aliphatic carbocycles. The summed E-state index contributed by atoms with van der Waals surface area (Å²) in [4.78, 5) is 25.3. The standard InChI is InChI=1S/C14H18N2O2/c1-9(2)14(18)16-8-11-6-4-3-5-10(11)7-12(16)13(15)17/h3-6,9,12H,7-8H2,1-2H3,(H2,15,17)/t12-/m0/s1. The van der Waals surface area contributed by atoms with Crippen molar-refractivity contribution >= 4 is 11.8 Å². The molecule has 1 aliphatic rings. The average molecular weight is 246 g/mol. The Hall–Kier alpha value is -1.84. The number of hydrogen-bond acceptors (Lipinski definition) is 2. The Balaban J connectivity index is 2.34. The van der Waals surface area contributed by atoms with Gasteiger partial charge in [0.2, 0.25) is 11.8 Å². The van der Waals surface area contributed by atoms with E-state index in [9.17, 15) is 9.59 Å². The van der Waals surface area contributed by atoms with Crippen molar-refractivity contribution < 1.29 is 9.59 Å². The Morgan fingerprint density at radius 3 is 2.44 bits per heavy atom. The number of fused-ring (bicyclic) bond motifs is 1. The van der Waals surface area contributed by atoms with Gasteiger partial charge in [-0.25, -0.2) is 0 Å². The smallest absolute Gasteiger partial charge is 0.240 e. The maximum absolute atomic E-state index is 12.1. The first kappa shape index (κ1) is 12.6. The van der Waals surface area contributed by atoms with Crippen molar-refractivity contribution in [1.82, 2.24) is 4.90 Å². The maximum atomic E-state index is 12.1. The summed E-state index contributed by atoms with van der Waals surface area (Å²) in [5.41, 5.74) is 7.63. The minimum Gasteiger partial charge on any atom is -0.368 e. The van der Waals surface area contributed by atoms with Gasteiger partial charge in [0.25, 0.3) is 0 Å². The molecule has 0 radical (unpaired) electrons. The fraction of sp³-hybridized carbons (Fsp3) is 0.429. The highest BCUT2D eigenvalue weighted by atomic mass is 16.2. The number of primary amides is 1. The SMILES string of the molecule is CC(C)C(=O)N1Cc2ccccc2C[C@H]1C(N)=O. The Bertz CT molecular complexity index is 482. The molecule has 0 saturated heterocycles. The van der Waals surface area contributed by atoms with E-state index in [1.165, 1.54) is 0 Å². The lowest BCUT2D eigenvalue weighted by atomic mass is 9.92. The zero-order valence-electron chi connectivity index (χ0n) is 10.7. The van der Waals surface area contributed by atoms with E-state index >= 15 is 0 Å². The second-order valence-corrected chi connectivity index (χ2v) is 5.01. The van der Waals surface area contributed by atoms with Gasteiger partial charge in [-0.15, -0.1) is 0 Å². The Kier molecular flexibility index (Phi) is 3.36. The van der Waals surface area contributed by atoms with Gasteiger partial charge in [0, 0.05) is 18.9 Å². The van der Waals surface area contributed by atoms with Gasteiger partial charge < -0.3 is 10.6 Å². The molecule has 18 heavy (non-hydrogen) atoms. The molecule has 1 atom stereocenters. The van der Waals surface area contributed by atoms with Crippen molar-refractivity contribution in [3.8, 4) is 0 Å². The molecule has 2 amide bonds. The molecule has 0 saturated carbocycles. The van der Waals surface area contributed by atoms with Gasteiger partial charge in [-0.1, -0.05) is 38.1 Å². The molecule has 96 valence electrons. The predicted molar refractivity (Wildman–Crippen MR) is 68.5 cm³/mol. The quantitative estimate of drug-likeness (QED) is 0.848. The first-order valence-electron chi connectivity index (χ1n) is 6.17. The molecule has 2 rings (SSSR count). The first-order valence-corrected chi connectivity index (χ1v) is 6.17. The number of nitrogens with zero attached hydrogens (tertiary/aromatic N) is 1. The summed E-state index contributed by atoms with van der Waals surface area (Å²) in [5.74, 6) is -0.580. The maximum Gasteiger partial charge on any atom is 0.240 e. The van der Waals surface area contributed by atoms with Gasteiger partial charge in [0.15, 0.2) is 0 Å². The summed E-state index contributed by atoms with van der Waals surface area (Å²) < 4.78 is 0. The van der Waals surface area contributed by atoms with E-state index in [1.54, 1.807) is 4.90 Å². The average Bonchev–Trinajstić information content (AvgIpc) is 2.36.